The molecule has 4 nitrogen and oxygen atoms in total. The number of carbonyl (C=O) groups excluding carboxylic acids is 2. The summed E-state index contributed by atoms with van der Waals surface area (Å²) in [6, 6.07) is 6.01. The van der Waals surface area contributed by atoms with Gasteiger partial charge in [0.1, 0.15) is 0 Å². The molecule has 0 amide bonds. The van der Waals surface area contributed by atoms with Gasteiger partial charge in [-0.25, -0.2) is 0 Å². The van der Waals surface area contributed by atoms with Gasteiger partial charge in [0.15, 0.2) is 11.6 Å². The second kappa shape index (κ2) is 10.1. The van der Waals surface area contributed by atoms with Crippen molar-refractivity contribution in [3.8, 4) is 0 Å². The van der Waals surface area contributed by atoms with Crippen molar-refractivity contribution in [2.45, 2.75) is 40.0 Å². The predicted molar refractivity (Wildman–Crippen MR) is 121 cm³/mol. The minimum absolute atomic E-state index is 0.0116. The lowest BCUT2D eigenvalue weighted by Gasteiger charge is -2.35. The van der Waals surface area contributed by atoms with Crippen molar-refractivity contribution in [3.05, 3.63) is 78.2 Å². The molecule has 1 aromatic carbocycles. The monoisotopic (exact) mass is 392 g/mol. The molecule has 4 heteroatoms. The Hall–Kier alpha value is -2.88. The number of rotatable bonds is 6. The molecule has 3 atom stereocenters. The summed E-state index contributed by atoms with van der Waals surface area (Å²) in [5.41, 5.74) is 3.58. The topological polar surface area (TPSA) is 58.2 Å². The Bertz CT molecular complexity index is 852. The van der Waals surface area contributed by atoms with E-state index in [1.54, 1.807) is 6.92 Å². The number of allylic oxidation sites excluding steroid dienone is 5. The number of carbonyl (C=O) groups is 2. The van der Waals surface area contributed by atoms with Crippen LogP contribution in [0.2, 0.25) is 0 Å². The van der Waals surface area contributed by atoms with Gasteiger partial charge < -0.3 is 10.6 Å². The first kappa shape index (κ1) is 22.4. The smallest absolute Gasteiger partial charge is 0.170 e. The van der Waals surface area contributed by atoms with E-state index in [2.05, 4.69) is 55.9 Å². The predicted octanol–water partition coefficient (Wildman–Crippen LogP) is 5.38. The molecule has 1 aromatic rings. The standard InChI is InChI=1S/C20H24N2O.C5H8O/c1-4-11-21-14(3)22-15-9-10-18-19(12-15)13(2)16-7-5-6-8-17(16)20(18)23;1-4(2)5(3)6/h5-10,12-13,16-17,21-22H,3-4,11H2,1-2H3;1H2,2-3H3. The van der Waals surface area contributed by atoms with Gasteiger partial charge in [-0.15, -0.1) is 0 Å². The number of hydrogen-bond acceptors (Lipinski definition) is 4. The Morgan fingerprint density at radius 3 is 2.41 bits per heavy atom. The first-order valence-corrected chi connectivity index (χ1v) is 10.2. The molecule has 2 aliphatic rings. The second-order valence-corrected chi connectivity index (χ2v) is 7.69. The molecule has 0 aliphatic heterocycles. The van der Waals surface area contributed by atoms with Crippen LogP contribution in [0.15, 0.2) is 67.1 Å². The van der Waals surface area contributed by atoms with Gasteiger partial charge in [-0.3, -0.25) is 9.59 Å². The Kier molecular flexibility index (Phi) is 7.77. The zero-order chi connectivity index (χ0) is 21.6. The van der Waals surface area contributed by atoms with Gasteiger partial charge >= 0.3 is 0 Å². The molecule has 0 saturated heterocycles. The van der Waals surface area contributed by atoms with Crippen molar-refractivity contribution in [2.75, 3.05) is 11.9 Å². The lowest BCUT2D eigenvalue weighted by atomic mass is 9.67. The van der Waals surface area contributed by atoms with Crippen molar-refractivity contribution < 1.29 is 9.59 Å². The summed E-state index contributed by atoms with van der Waals surface area (Å²) in [5, 5.41) is 6.52. The molecule has 0 radical (unpaired) electrons. The van der Waals surface area contributed by atoms with Gasteiger partial charge in [-0.05, 0) is 61.4 Å². The molecule has 0 bridgehead atoms. The van der Waals surface area contributed by atoms with Crippen molar-refractivity contribution in [1.82, 2.24) is 5.32 Å². The van der Waals surface area contributed by atoms with E-state index in [0.29, 0.717) is 11.5 Å². The molecule has 0 spiro atoms. The van der Waals surface area contributed by atoms with Gasteiger partial charge in [-0.1, -0.05) is 51.3 Å². The molecule has 0 aromatic heterocycles. The van der Waals surface area contributed by atoms with Crippen LogP contribution < -0.4 is 10.6 Å². The molecule has 154 valence electrons. The normalized spacial score (nSPS) is 21.2. The Morgan fingerprint density at radius 1 is 1.14 bits per heavy atom. The average Bonchev–Trinajstić information content (AvgIpc) is 2.71. The third-order valence-electron chi connectivity index (χ3n) is 5.35. The number of Topliss-reactive ketones (excluding diaryl/α,β-unsaturated/α-hetero) is 2. The molecule has 3 unspecified atom stereocenters. The zero-order valence-electron chi connectivity index (χ0n) is 17.9. The van der Waals surface area contributed by atoms with E-state index in [0.717, 1.165) is 35.6 Å². The number of ketones is 2. The summed E-state index contributed by atoms with van der Waals surface area (Å²) < 4.78 is 0. The van der Waals surface area contributed by atoms with Crippen LogP contribution in [0.3, 0.4) is 0 Å². The average molecular weight is 393 g/mol. The van der Waals surface area contributed by atoms with Gasteiger partial charge in [0.05, 0.1) is 5.82 Å². The zero-order valence-corrected chi connectivity index (χ0v) is 17.9. The molecule has 29 heavy (non-hydrogen) atoms. The quantitative estimate of drug-likeness (QED) is 0.638. The maximum atomic E-state index is 12.7. The highest BCUT2D eigenvalue weighted by molar-refractivity contribution is 6.02. The molecule has 3 rings (SSSR count). The lowest BCUT2D eigenvalue weighted by Crippen LogP contribution is -2.32. The summed E-state index contributed by atoms with van der Waals surface area (Å²) in [6.07, 6.45) is 9.29. The first-order valence-electron chi connectivity index (χ1n) is 10.2. The number of hydrogen-bond donors (Lipinski definition) is 2. The fraction of sp³-hybridized carbons (Fsp3) is 0.360. The highest BCUT2D eigenvalue weighted by atomic mass is 16.1. The molecule has 0 heterocycles. The molecular formula is C25H32N2O2. The van der Waals surface area contributed by atoms with E-state index >= 15 is 0 Å². The van der Waals surface area contributed by atoms with Gasteiger partial charge in [0, 0.05) is 23.7 Å². The van der Waals surface area contributed by atoms with E-state index in [1.165, 1.54) is 6.92 Å². The third-order valence-corrected chi connectivity index (χ3v) is 5.35. The maximum Gasteiger partial charge on any atom is 0.170 e. The minimum Gasteiger partial charge on any atom is -0.372 e. The van der Waals surface area contributed by atoms with Crippen LogP contribution in [0.4, 0.5) is 5.69 Å². The Balaban J connectivity index is 0.000000438. The van der Waals surface area contributed by atoms with Crippen molar-refractivity contribution in [2.24, 2.45) is 11.8 Å². The van der Waals surface area contributed by atoms with Crippen LogP contribution in [0.25, 0.3) is 0 Å². The fourth-order valence-corrected chi connectivity index (χ4v) is 3.49. The Labute approximate surface area is 174 Å². The van der Waals surface area contributed by atoms with Crippen LogP contribution in [-0.4, -0.2) is 18.1 Å². The highest BCUT2D eigenvalue weighted by Crippen LogP contribution is 2.43. The van der Waals surface area contributed by atoms with E-state index < -0.39 is 0 Å². The summed E-state index contributed by atoms with van der Waals surface area (Å²) in [6.45, 7) is 15.8. The molecule has 0 fully saturated rings. The van der Waals surface area contributed by atoms with Gasteiger partial charge in [0.25, 0.3) is 0 Å². The summed E-state index contributed by atoms with van der Waals surface area (Å²) in [4.78, 5) is 22.8. The van der Waals surface area contributed by atoms with Crippen molar-refractivity contribution in [1.29, 1.82) is 0 Å². The molecule has 2 N–H and O–H groups in total. The number of benzene rings is 1. The van der Waals surface area contributed by atoms with Crippen LogP contribution >= 0.6 is 0 Å². The fourth-order valence-electron chi connectivity index (χ4n) is 3.49. The van der Waals surface area contributed by atoms with Crippen LogP contribution in [0.5, 0.6) is 0 Å². The van der Waals surface area contributed by atoms with E-state index in [-0.39, 0.29) is 23.4 Å². The molecule has 0 saturated carbocycles. The first-order chi connectivity index (χ1) is 13.8. The molecule has 2 aliphatic carbocycles. The summed E-state index contributed by atoms with van der Waals surface area (Å²) in [7, 11) is 0. The van der Waals surface area contributed by atoms with Gasteiger partial charge in [-0.2, -0.15) is 0 Å². The largest absolute Gasteiger partial charge is 0.372 e. The summed E-state index contributed by atoms with van der Waals surface area (Å²) >= 11 is 0. The lowest BCUT2D eigenvalue weighted by molar-refractivity contribution is -0.113. The minimum atomic E-state index is -0.0116. The second-order valence-electron chi connectivity index (χ2n) is 7.69. The number of nitrogens with one attached hydrogen (secondary N) is 2. The highest BCUT2D eigenvalue weighted by Gasteiger charge is 2.38. The number of fused-ring (bicyclic) bond motifs is 2. The van der Waals surface area contributed by atoms with Crippen LogP contribution in [-0.2, 0) is 4.79 Å². The van der Waals surface area contributed by atoms with Crippen molar-refractivity contribution in [3.63, 3.8) is 0 Å². The number of anilines is 1. The van der Waals surface area contributed by atoms with Crippen LogP contribution in [0.1, 0.15) is 56.0 Å². The SMILES string of the molecule is C=C(C)C(C)=O.C=C(NCCC)Nc1ccc2c(c1)C(C)C1C=CC=CC1C2=O. The Morgan fingerprint density at radius 2 is 1.79 bits per heavy atom. The van der Waals surface area contributed by atoms with E-state index in [1.807, 2.05) is 24.3 Å². The third kappa shape index (κ3) is 5.57. The maximum absolute atomic E-state index is 12.7. The molecular weight excluding hydrogens is 360 g/mol. The van der Waals surface area contributed by atoms with Crippen molar-refractivity contribution >= 4 is 17.3 Å². The van der Waals surface area contributed by atoms with E-state index in [9.17, 15) is 9.59 Å². The van der Waals surface area contributed by atoms with Gasteiger partial charge in [0.2, 0.25) is 0 Å². The van der Waals surface area contributed by atoms with Crippen LogP contribution in [0, 0.1) is 11.8 Å². The summed E-state index contributed by atoms with van der Waals surface area (Å²) in [5.74, 6) is 1.67. The van der Waals surface area contributed by atoms with E-state index in [4.69, 9.17) is 0 Å².